The fourth-order valence-corrected chi connectivity index (χ4v) is 2.82. The van der Waals surface area contributed by atoms with Crippen molar-refractivity contribution in [1.82, 2.24) is 0 Å². The number of hydrogen-bond acceptors (Lipinski definition) is 2. The van der Waals surface area contributed by atoms with Crippen LogP contribution in [0.2, 0.25) is 0 Å². The Bertz CT molecular complexity index is 205. The molecule has 2 nitrogen and oxygen atoms in total. The van der Waals surface area contributed by atoms with Crippen molar-refractivity contribution in [3.8, 4) is 0 Å². The van der Waals surface area contributed by atoms with Crippen molar-refractivity contribution in [3.05, 3.63) is 0 Å². The van der Waals surface area contributed by atoms with Gasteiger partial charge in [-0.05, 0) is 18.8 Å². The lowest BCUT2D eigenvalue weighted by molar-refractivity contribution is -0.136. The molecular formula is C17H34O2. The lowest BCUT2D eigenvalue weighted by Crippen LogP contribution is -2.16. The average Bonchev–Trinajstić information content (AvgIpc) is 2.75. The zero-order chi connectivity index (χ0) is 13.9. The molecule has 1 fully saturated rings. The third-order valence-electron chi connectivity index (χ3n) is 4.17. The Morgan fingerprint density at radius 2 is 1.63 bits per heavy atom. The SMILES string of the molecule is CCCCCCOC1CC(C)C(CCCCCC)O1. The van der Waals surface area contributed by atoms with Crippen LogP contribution in [0.1, 0.15) is 85.0 Å². The van der Waals surface area contributed by atoms with Gasteiger partial charge in [-0.2, -0.15) is 0 Å². The predicted molar refractivity (Wildman–Crippen MR) is 81.3 cm³/mol. The van der Waals surface area contributed by atoms with Crippen LogP contribution in [-0.2, 0) is 9.47 Å². The van der Waals surface area contributed by atoms with Gasteiger partial charge in [0.1, 0.15) is 0 Å². The van der Waals surface area contributed by atoms with E-state index in [0.717, 1.165) is 13.0 Å². The maximum absolute atomic E-state index is 6.04. The Labute approximate surface area is 120 Å². The van der Waals surface area contributed by atoms with E-state index in [4.69, 9.17) is 9.47 Å². The van der Waals surface area contributed by atoms with Crippen molar-refractivity contribution in [3.63, 3.8) is 0 Å². The Hall–Kier alpha value is -0.0800. The van der Waals surface area contributed by atoms with Gasteiger partial charge in [0.25, 0.3) is 0 Å². The highest BCUT2D eigenvalue weighted by molar-refractivity contribution is 4.75. The molecule has 114 valence electrons. The lowest BCUT2D eigenvalue weighted by Gasteiger charge is -2.15. The van der Waals surface area contributed by atoms with Crippen molar-refractivity contribution in [1.29, 1.82) is 0 Å². The molecule has 0 saturated carbocycles. The first-order valence-corrected chi connectivity index (χ1v) is 8.55. The molecule has 1 heterocycles. The summed E-state index contributed by atoms with van der Waals surface area (Å²) in [6.07, 6.45) is 13.2. The number of ether oxygens (including phenoxy) is 2. The molecule has 0 amide bonds. The van der Waals surface area contributed by atoms with E-state index in [9.17, 15) is 0 Å². The molecule has 0 spiro atoms. The van der Waals surface area contributed by atoms with Crippen molar-refractivity contribution in [2.45, 2.75) is 97.4 Å². The van der Waals surface area contributed by atoms with E-state index in [2.05, 4.69) is 20.8 Å². The van der Waals surface area contributed by atoms with Crippen molar-refractivity contribution < 1.29 is 9.47 Å². The third kappa shape index (κ3) is 7.31. The standard InChI is InChI=1S/C17H34O2/c1-4-6-8-10-12-16-15(3)14-17(19-16)18-13-11-9-7-5-2/h15-17H,4-14H2,1-3H3. The average molecular weight is 270 g/mol. The Balaban J connectivity index is 2.05. The van der Waals surface area contributed by atoms with Gasteiger partial charge in [0.05, 0.1) is 6.10 Å². The summed E-state index contributed by atoms with van der Waals surface area (Å²) in [4.78, 5) is 0. The van der Waals surface area contributed by atoms with Gasteiger partial charge in [-0.1, -0.05) is 65.7 Å². The fraction of sp³-hybridized carbons (Fsp3) is 1.00. The number of hydrogen-bond donors (Lipinski definition) is 0. The summed E-state index contributed by atoms with van der Waals surface area (Å²) < 4.78 is 11.9. The second kappa shape index (κ2) is 10.7. The van der Waals surface area contributed by atoms with Crippen LogP contribution >= 0.6 is 0 Å². The topological polar surface area (TPSA) is 18.5 Å². The molecular weight excluding hydrogens is 236 g/mol. The highest BCUT2D eigenvalue weighted by Crippen LogP contribution is 2.30. The summed E-state index contributed by atoms with van der Waals surface area (Å²) in [5.74, 6) is 0.669. The van der Waals surface area contributed by atoms with Crippen LogP contribution in [0.3, 0.4) is 0 Å². The molecule has 0 N–H and O–H groups in total. The molecule has 3 unspecified atom stereocenters. The van der Waals surface area contributed by atoms with E-state index in [1.165, 1.54) is 57.8 Å². The van der Waals surface area contributed by atoms with Gasteiger partial charge in [-0.25, -0.2) is 0 Å². The second-order valence-corrected chi connectivity index (χ2v) is 6.10. The maximum atomic E-state index is 6.04. The summed E-state index contributed by atoms with van der Waals surface area (Å²) in [7, 11) is 0. The van der Waals surface area contributed by atoms with E-state index in [0.29, 0.717) is 12.0 Å². The van der Waals surface area contributed by atoms with Gasteiger partial charge in [-0.15, -0.1) is 0 Å². The summed E-state index contributed by atoms with van der Waals surface area (Å²) in [5, 5.41) is 0. The van der Waals surface area contributed by atoms with E-state index >= 15 is 0 Å². The van der Waals surface area contributed by atoms with Crippen molar-refractivity contribution >= 4 is 0 Å². The zero-order valence-electron chi connectivity index (χ0n) is 13.3. The van der Waals surface area contributed by atoms with E-state index in [1.807, 2.05) is 0 Å². The number of rotatable bonds is 11. The first-order chi connectivity index (χ1) is 9.27. The highest BCUT2D eigenvalue weighted by Gasteiger charge is 2.31. The van der Waals surface area contributed by atoms with Crippen molar-refractivity contribution in [2.24, 2.45) is 5.92 Å². The normalized spacial score (nSPS) is 27.0. The monoisotopic (exact) mass is 270 g/mol. The molecule has 2 heteroatoms. The van der Waals surface area contributed by atoms with Crippen LogP contribution in [0.4, 0.5) is 0 Å². The van der Waals surface area contributed by atoms with Gasteiger partial charge in [0, 0.05) is 13.0 Å². The van der Waals surface area contributed by atoms with E-state index in [-0.39, 0.29) is 6.29 Å². The summed E-state index contributed by atoms with van der Waals surface area (Å²) in [5.41, 5.74) is 0. The molecule has 1 aliphatic rings. The fourth-order valence-electron chi connectivity index (χ4n) is 2.82. The molecule has 1 aliphatic heterocycles. The Morgan fingerprint density at radius 1 is 0.947 bits per heavy atom. The van der Waals surface area contributed by atoms with Gasteiger partial charge in [0.15, 0.2) is 6.29 Å². The first kappa shape index (κ1) is 17.0. The number of unbranched alkanes of at least 4 members (excludes halogenated alkanes) is 6. The Morgan fingerprint density at radius 3 is 2.32 bits per heavy atom. The molecule has 1 saturated heterocycles. The van der Waals surface area contributed by atoms with Crippen LogP contribution in [0, 0.1) is 5.92 Å². The van der Waals surface area contributed by atoms with Gasteiger partial charge in [0.2, 0.25) is 0 Å². The lowest BCUT2D eigenvalue weighted by atomic mass is 9.98. The summed E-state index contributed by atoms with van der Waals surface area (Å²) in [6, 6.07) is 0. The smallest absolute Gasteiger partial charge is 0.158 e. The minimum absolute atomic E-state index is 0.0767. The van der Waals surface area contributed by atoms with Crippen molar-refractivity contribution in [2.75, 3.05) is 6.61 Å². The van der Waals surface area contributed by atoms with Crippen LogP contribution in [0.25, 0.3) is 0 Å². The molecule has 19 heavy (non-hydrogen) atoms. The Kier molecular flexibility index (Phi) is 9.54. The molecule has 0 radical (unpaired) electrons. The van der Waals surface area contributed by atoms with Crippen LogP contribution < -0.4 is 0 Å². The third-order valence-corrected chi connectivity index (χ3v) is 4.17. The maximum Gasteiger partial charge on any atom is 0.158 e. The molecule has 1 rings (SSSR count). The summed E-state index contributed by atoms with van der Waals surface area (Å²) >= 11 is 0. The quantitative estimate of drug-likeness (QED) is 0.474. The second-order valence-electron chi connectivity index (χ2n) is 6.10. The minimum Gasteiger partial charge on any atom is -0.353 e. The largest absolute Gasteiger partial charge is 0.353 e. The molecule has 0 aromatic rings. The predicted octanol–water partition coefficient (Wildman–Crippen LogP) is 5.30. The highest BCUT2D eigenvalue weighted by atomic mass is 16.7. The van der Waals surface area contributed by atoms with E-state index in [1.54, 1.807) is 0 Å². The molecule has 0 bridgehead atoms. The minimum atomic E-state index is 0.0767. The van der Waals surface area contributed by atoms with Crippen LogP contribution in [0.15, 0.2) is 0 Å². The van der Waals surface area contributed by atoms with Crippen LogP contribution in [-0.4, -0.2) is 19.0 Å². The van der Waals surface area contributed by atoms with E-state index < -0.39 is 0 Å². The van der Waals surface area contributed by atoms with Crippen LogP contribution in [0.5, 0.6) is 0 Å². The molecule has 0 aromatic heterocycles. The first-order valence-electron chi connectivity index (χ1n) is 8.55. The molecule has 3 atom stereocenters. The molecule has 0 aromatic carbocycles. The zero-order valence-corrected chi connectivity index (χ0v) is 13.3. The van der Waals surface area contributed by atoms with Gasteiger partial charge in [-0.3, -0.25) is 0 Å². The summed E-state index contributed by atoms with van der Waals surface area (Å²) in [6.45, 7) is 7.69. The van der Waals surface area contributed by atoms with Gasteiger partial charge < -0.3 is 9.47 Å². The van der Waals surface area contributed by atoms with Gasteiger partial charge >= 0.3 is 0 Å². The molecule has 0 aliphatic carbocycles.